The zero-order chi connectivity index (χ0) is 11.9. The Morgan fingerprint density at radius 3 is 2.62 bits per heavy atom. The average molecular weight is 221 g/mol. The van der Waals surface area contributed by atoms with E-state index in [0.29, 0.717) is 11.9 Å². The van der Waals surface area contributed by atoms with Crippen molar-refractivity contribution in [1.82, 2.24) is 4.57 Å². The fraction of sp³-hybridized carbons (Fsp3) is 0.385. The van der Waals surface area contributed by atoms with Gasteiger partial charge in [-0.2, -0.15) is 0 Å². The molecule has 0 aliphatic heterocycles. The van der Waals surface area contributed by atoms with E-state index in [1.54, 1.807) is 19.9 Å². The van der Waals surface area contributed by atoms with Crippen LogP contribution in [0.5, 0.6) is 0 Å². The standard InChI is InChI=1S/C13H16FNO/c1-13(2,16)8-10-7-9-5-4-6-11(14)12(9)15(10)3/h4-7,16H,8H2,1-3H3. The predicted molar refractivity (Wildman–Crippen MR) is 62.9 cm³/mol. The molecule has 0 radical (unpaired) electrons. The third-order valence-electron chi connectivity index (χ3n) is 2.72. The van der Waals surface area contributed by atoms with E-state index in [0.717, 1.165) is 11.1 Å². The molecule has 1 N–H and O–H groups in total. The first-order valence-corrected chi connectivity index (χ1v) is 5.34. The van der Waals surface area contributed by atoms with Gasteiger partial charge in [-0.3, -0.25) is 0 Å². The van der Waals surface area contributed by atoms with E-state index < -0.39 is 5.60 Å². The minimum atomic E-state index is -0.779. The molecule has 1 aromatic carbocycles. The summed E-state index contributed by atoms with van der Waals surface area (Å²) in [7, 11) is 1.83. The number of aliphatic hydroxyl groups is 1. The highest BCUT2D eigenvalue weighted by molar-refractivity contribution is 5.81. The fourth-order valence-electron chi connectivity index (χ4n) is 2.04. The molecule has 0 spiro atoms. The first-order valence-electron chi connectivity index (χ1n) is 5.34. The summed E-state index contributed by atoms with van der Waals surface area (Å²) >= 11 is 0. The molecule has 0 saturated heterocycles. The molecule has 3 heteroatoms. The zero-order valence-electron chi connectivity index (χ0n) is 9.79. The molecule has 1 aromatic heterocycles. The lowest BCUT2D eigenvalue weighted by Gasteiger charge is -2.17. The lowest BCUT2D eigenvalue weighted by molar-refractivity contribution is 0.0793. The highest BCUT2D eigenvalue weighted by Gasteiger charge is 2.17. The van der Waals surface area contributed by atoms with Crippen molar-refractivity contribution in [2.75, 3.05) is 0 Å². The van der Waals surface area contributed by atoms with Gasteiger partial charge in [-0.15, -0.1) is 0 Å². The lowest BCUT2D eigenvalue weighted by Crippen LogP contribution is -2.23. The molecule has 0 atom stereocenters. The Labute approximate surface area is 94.3 Å². The van der Waals surface area contributed by atoms with E-state index in [-0.39, 0.29) is 5.82 Å². The molecule has 0 aliphatic rings. The maximum atomic E-state index is 13.6. The van der Waals surface area contributed by atoms with Crippen molar-refractivity contribution in [2.24, 2.45) is 7.05 Å². The van der Waals surface area contributed by atoms with Crippen LogP contribution in [0.25, 0.3) is 10.9 Å². The third-order valence-corrected chi connectivity index (χ3v) is 2.72. The Bertz CT molecular complexity index is 522. The van der Waals surface area contributed by atoms with E-state index in [4.69, 9.17) is 0 Å². The average Bonchev–Trinajstić information content (AvgIpc) is 2.42. The summed E-state index contributed by atoms with van der Waals surface area (Å²) in [5.41, 5.74) is 0.757. The lowest BCUT2D eigenvalue weighted by atomic mass is 10.0. The Morgan fingerprint density at radius 1 is 1.38 bits per heavy atom. The van der Waals surface area contributed by atoms with Crippen LogP contribution in [0.4, 0.5) is 4.39 Å². The summed E-state index contributed by atoms with van der Waals surface area (Å²) in [6.07, 6.45) is 0.512. The van der Waals surface area contributed by atoms with Crippen molar-refractivity contribution in [3.63, 3.8) is 0 Å². The summed E-state index contributed by atoms with van der Waals surface area (Å²) in [6.45, 7) is 3.50. The number of halogens is 1. The minimum absolute atomic E-state index is 0.220. The van der Waals surface area contributed by atoms with Crippen LogP contribution in [-0.2, 0) is 13.5 Å². The molecule has 2 aromatic rings. The monoisotopic (exact) mass is 221 g/mol. The highest BCUT2D eigenvalue weighted by atomic mass is 19.1. The molecule has 2 rings (SSSR count). The van der Waals surface area contributed by atoms with E-state index >= 15 is 0 Å². The summed E-state index contributed by atoms with van der Waals surface area (Å²) in [5.74, 6) is -0.220. The molecule has 0 bridgehead atoms. The molecule has 1 heterocycles. The van der Waals surface area contributed by atoms with E-state index in [1.807, 2.05) is 23.7 Å². The number of rotatable bonds is 2. The van der Waals surface area contributed by atoms with Crippen molar-refractivity contribution in [1.29, 1.82) is 0 Å². The van der Waals surface area contributed by atoms with Crippen LogP contribution in [0.2, 0.25) is 0 Å². The van der Waals surface area contributed by atoms with E-state index in [9.17, 15) is 9.50 Å². The van der Waals surface area contributed by atoms with Crippen LogP contribution in [-0.4, -0.2) is 15.3 Å². The summed E-state index contributed by atoms with van der Waals surface area (Å²) in [6, 6.07) is 6.96. The number of nitrogens with zero attached hydrogens (tertiary/aromatic N) is 1. The molecule has 16 heavy (non-hydrogen) atoms. The van der Waals surface area contributed by atoms with Gasteiger partial charge in [-0.1, -0.05) is 12.1 Å². The van der Waals surface area contributed by atoms with Crippen molar-refractivity contribution in [3.8, 4) is 0 Å². The second-order valence-corrected chi connectivity index (χ2v) is 4.86. The number of aryl methyl sites for hydroxylation is 1. The van der Waals surface area contributed by atoms with Crippen LogP contribution in [0, 0.1) is 5.82 Å². The van der Waals surface area contributed by atoms with Crippen LogP contribution >= 0.6 is 0 Å². The normalized spacial score (nSPS) is 12.3. The van der Waals surface area contributed by atoms with Gasteiger partial charge in [0.2, 0.25) is 0 Å². The van der Waals surface area contributed by atoms with Crippen molar-refractivity contribution in [3.05, 3.63) is 35.8 Å². The number of para-hydroxylation sites is 1. The quantitative estimate of drug-likeness (QED) is 0.828. The number of hydrogen-bond donors (Lipinski definition) is 1. The number of benzene rings is 1. The van der Waals surface area contributed by atoms with Crippen LogP contribution in [0.3, 0.4) is 0 Å². The fourth-order valence-corrected chi connectivity index (χ4v) is 2.04. The van der Waals surface area contributed by atoms with Gasteiger partial charge in [0.1, 0.15) is 5.82 Å². The summed E-state index contributed by atoms with van der Waals surface area (Å²) < 4.78 is 15.4. The SMILES string of the molecule is Cn1c(CC(C)(C)O)cc2cccc(F)c21. The van der Waals surface area contributed by atoms with Gasteiger partial charge >= 0.3 is 0 Å². The number of hydrogen-bond acceptors (Lipinski definition) is 1. The van der Waals surface area contributed by atoms with Gasteiger partial charge in [0.05, 0.1) is 11.1 Å². The van der Waals surface area contributed by atoms with Gasteiger partial charge in [-0.05, 0) is 26.0 Å². The Morgan fingerprint density at radius 2 is 2.06 bits per heavy atom. The summed E-state index contributed by atoms with van der Waals surface area (Å²) in [4.78, 5) is 0. The second kappa shape index (κ2) is 3.59. The molecule has 0 unspecified atom stereocenters. The summed E-state index contributed by atoms with van der Waals surface area (Å²) in [5, 5.41) is 10.7. The molecule has 0 aliphatic carbocycles. The molecular formula is C13H16FNO. The van der Waals surface area contributed by atoms with Crippen molar-refractivity contribution >= 4 is 10.9 Å². The van der Waals surface area contributed by atoms with E-state index in [2.05, 4.69) is 0 Å². The van der Waals surface area contributed by atoms with Gasteiger partial charge in [0.15, 0.2) is 0 Å². The predicted octanol–water partition coefficient (Wildman–Crippen LogP) is 2.63. The van der Waals surface area contributed by atoms with Crippen molar-refractivity contribution < 1.29 is 9.50 Å². The second-order valence-electron chi connectivity index (χ2n) is 4.86. The minimum Gasteiger partial charge on any atom is -0.390 e. The Hall–Kier alpha value is -1.35. The number of aromatic nitrogens is 1. The third kappa shape index (κ3) is 1.95. The maximum Gasteiger partial charge on any atom is 0.147 e. The first kappa shape index (κ1) is 11.1. The van der Waals surface area contributed by atoms with Gasteiger partial charge < -0.3 is 9.67 Å². The van der Waals surface area contributed by atoms with Gasteiger partial charge in [0.25, 0.3) is 0 Å². The molecule has 0 saturated carbocycles. The van der Waals surface area contributed by atoms with E-state index in [1.165, 1.54) is 6.07 Å². The number of fused-ring (bicyclic) bond motifs is 1. The van der Waals surface area contributed by atoms with Crippen molar-refractivity contribution in [2.45, 2.75) is 25.9 Å². The van der Waals surface area contributed by atoms with Gasteiger partial charge in [-0.25, -0.2) is 4.39 Å². The van der Waals surface area contributed by atoms with Crippen LogP contribution in [0.1, 0.15) is 19.5 Å². The topological polar surface area (TPSA) is 25.2 Å². The Kier molecular flexibility index (Phi) is 2.50. The molecule has 2 nitrogen and oxygen atoms in total. The first-order chi connectivity index (χ1) is 7.38. The van der Waals surface area contributed by atoms with Gasteiger partial charge in [0, 0.05) is 24.5 Å². The molecule has 0 amide bonds. The Balaban J connectivity index is 2.57. The zero-order valence-corrected chi connectivity index (χ0v) is 9.79. The van der Waals surface area contributed by atoms with Crippen LogP contribution in [0.15, 0.2) is 24.3 Å². The maximum absolute atomic E-state index is 13.6. The highest BCUT2D eigenvalue weighted by Crippen LogP contribution is 2.24. The largest absolute Gasteiger partial charge is 0.390 e. The molecule has 86 valence electrons. The molecular weight excluding hydrogens is 205 g/mol. The smallest absolute Gasteiger partial charge is 0.147 e. The molecule has 0 fully saturated rings. The van der Waals surface area contributed by atoms with Crippen LogP contribution < -0.4 is 0 Å².